The van der Waals surface area contributed by atoms with Crippen molar-refractivity contribution < 1.29 is 0 Å². The zero-order valence-corrected chi connectivity index (χ0v) is 16.8. The Kier molecular flexibility index (Phi) is 4.07. The lowest BCUT2D eigenvalue weighted by Gasteiger charge is -2.23. The van der Waals surface area contributed by atoms with Gasteiger partial charge < -0.3 is 0 Å². The average Bonchev–Trinajstić information content (AvgIpc) is 3.26. The van der Waals surface area contributed by atoms with E-state index in [1.165, 1.54) is 64.2 Å². The van der Waals surface area contributed by atoms with Crippen molar-refractivity contribution in [2.45, 2.75) is 76.0 Å². The summed E-state index contributed by atoms with van der Waals surface area (Å²) in [5.41, 5.74) is 13.5. The van der Waals surface area contributed by atoms with Gasteiger partial charge in [-0.25, -0.2) is 0 Å². The monoisotopic (exact) mass is 366 g/mol. The Hall–Kier alpha value is -2.08. The van der Waals surface area contributed by atoms with Gasteiger partial charge in [-0.05, 0) is 84.8 Å². The van der Waals surface area contributed by atoms with E-state index in [2.05, 4.69) is 48.5 Å². The van der Waals surface area contributed by atoms with E-state index >= 15 is 0 Å². The van der Waals surface area contributed by atoms with E-state index in [0.29, 0.717) is 0 Å². The van der Waals surface area contributed by atoms with E-state index in [4.69, 9.17) is 0 Å². The molecule has 4 aliphatic carbocycles. The third kappa shape index (κ3) is 2.50. The van der Waals surface area contributed by atoms with E-state index in [-0.39, 0.29) is 0 Å². The van der Waals surface area contributed by atoms with Crippen LogP contribution in [0.1, 0.15) is 98.3 Å². The summed E-state index contributed by atoms with van der Waals surface area (Å²) in [6, 6.07) is 18.6. The van der Waals surface area contributed by atoms with Crippen molar-refractivity contribution >= 4 is 11.1 Å². The molecule has 0 heterocycles. The number of fused-ring (bicyclic) bond motifs is 6. The molecule has 2 atom stereocenters. The molecule has 0 aliphatic heterocycles. The Morgan fingerprint density at radius 2 is 1.04 bits per heavy atom. The molecule has 2 unspecified atom stereocenters. The van der Waals surface area contributed by atoms with Gasteiger partial charge in [0.1, 0.15) is 0 Å². The van der Waals surface area contributed by atoms with E-state index in [0.717, 1.165) is 11.8 Å². The summed E-state index contributed by atoms with van der Waals surface area (Å²) < 4.78 is 0. The first-order valence-corrected chi connectivity index (χ1v) is 11.5. The van der Waals surface area contributed by atoms with Gasteiger partial charge in [-0.1, -0.05) is 72.5 Å². The largest absolute Gasteiger partial charge is 0.0619 e. The summed E-state index contributed by atoms with van der Waals surface area (Å²) in [6.07, 6.45) is 13.5. The smallest absolute Gasteiger partial charge is 0.00602 e. The van der Waals surface area contributed by atoms with E-state index in [1.807, 2.05) is 0 Å². The molecule has 0 aromatic heterocycles. The van der Waals surface area contributed by atoms with Crippen LogP contribution in [0, 0.1) is 0 Å². The first-order valence-electron chi connectivity index (χ1n) is 11.5. The van der Waals surface area contributed by atoms with Gasteiger partial charge in [0.05, 0.1) is 0 Å². The zero-order valence-electron chi connectivity index (χ0n) is 16.8. The minimum atomic E-state index is 0.732. The molecule has 4 aliphatic rings. The summed E-state index contributed by atoms with van der Waals surface area (Å²) in [6.45, 7) is 0. The van der Waals surface area contributed by atoms with Crippen LogP contribution < -0.4 is 0 Å². The fourth-order valence-electron chi connectivity index (χ4n) is 6.77. The summed E-state index contributed by atoms with van der Waals surface area (Å²) in [5.74, 6) is 1.46. The van der Waals surface area contributed by atoms with Crippen molar-refractivity contribution in [1.29, 1.82) is 0 Å². The Bertz CT molecular complexity index is 905. The lowest BCUT2D eigenvalue weighted by molar-refractivity contribution is 0.547. The van der Waals surface area contributed by atoms with E-state index < -0.39 is 0 Å². The van der Waals surface area contributed by atoms with Crippen LogP contribution in [0.5, 0.6) is 0 Å². The second-order valence-corrected chi connectivity index (χ2v) is 9.28. The van der Waals surface area contributed by atoms with Crippen LogP contribution >= 0.6 is 0 Å². The highest BCUT2D eigenvalue weighted by molar-refractivity contribution is 5.83. The summed E-state index contributed by atoms with van der Waals surface area (Å²) in [4.78, 5) is 0. The number of hydrogen-bond donors (Lipinski definition) is 0. The third-order valence-electron chi connectivity index (χ3n) is 7.94. The van der Waals surface area contributed by atoms with Gasteiger partial charge in [0.25, 0.3) is 0 Å². The Balaban J connectivity index is 1.36. The van der Waals surface area contributed by atoms with Crippen molar-refractivity contribution in [3.63, 3.8) is 0 Å². The normalized spacial score (nSPS) is 25.4. The second kappa shape index (κ2) is 6.76. The first kappa shape index (κ1) is 16.8. The molecule has 0 heteroatoms. The lowest BCUT2D eigenvalue weighted by Crippen LogP contribution is -2.05. The van der Waals surface area contributed by atoms with Crippen molar-refractivity contribution in [3.8, 4) is 0 Å². The van der Waals surface area contributed by atoms with Gasteiger partial charge in [-0.3, -0.25) is 0 Å². The van der Waals surface area contributed by atoms with Crippen LogP contribution in [-0.4, -0.2) is 0 Å². The summed E-state index contributed by atoms with van der Waals surface area (Å²) in [5, 5.41) is 0. The number of rotatable bonds is 3. The molecule has 0 saturated heterocycles. The molecule has 0 spiro atoms. The molecule has 0 radical (unpaired) electrons. The predicted molar refractivity (Wildman–Crippen MR) is 118 cm³/mol. The van der Waals surface area contributed by atoms with Gasteiger partial charge in [-0.2, -0.15) is 0 Å². The van der Waals surface area contributed by atoms with Crippen LogP contribution in [0.3, 0.4) is 0 Å². The molecular weight excluding hydrogens is 336 g/mol. The Morgan fingerprint density at radius 3 is 1.54 bits per heavy atom. The highest BCUT2D eigenvalue weighted by Crippen LogP contribution is 2.53. The quantitative estimate of drug-likeness (QED) is 0.516. The molecule has 0 N–H and O–H groups in total. The summed E-state index contributed by atoms with van der Waals surface area (Å²) in [7, 11) is 0. The molecule has 6 rings (SSSR count). The second-order valence-electron chi connectivity index (χ2n) is 9.28. The van der Waals surface area contributed by atoms with Gasteiger partial charge in [0.2, 0.25) is 0 Å². The van der Waals surface area contributed by atoms with Crippen molar-refractivity contribution in [1.82, 2.24) is 0 Å². The van der Waals surface area contributed by atoms with Crippen LogP contribution in [0.4, 0.5) is 0 Å². The molecule has 0 bridgehead atoms. The molecule has 2 fully saturated rings. The number of allylic oxidation sites excluding steroid dienone is 4. The molecular formula is C28H30. The zero-order chi connectivity index (χ0) is 18.5. The fraction of sp³-hybridized carbons (Fsp3) is 0.429. The highest BCUT2D eigenvalue weighted by atomic mass is 14.4. The first-order chi connectivity index (χ1) is 13.9. The minimum absolute atomic E-state index is 0.732. The van der Waals surface area contributed by atoms with Crippen LogP contribution in [0.2, 0.25) is 0 Å². The van der Waals surface area contributed by atoms with E-state index in [9.17, 15) is 0 Å². The minimum Gasteiger partial charge on any atom is -0.0619 e. The average molecular weight is 367 g/mol. The predicted octanol–water partition coefficient (Wildman–Crippen LogP) is 8.02. The molecule has 2 aromatic rings. The standard InChI is InChI=1S/C28H30/c1-5-13-23-19(9-1)20-10-2-6-14-24(20)27(23)17-18-28-25-15-7-3-11-21(25)22-12-4-8-16-26(22)28/h1,3,5,7,9,11,13,15,20,22H,2,4,6,8,10,12,14,16-18H2. The molecule has 28 heavy (non-hydrogen) atoms. The van der Waals surface area contributed by atoms with Crippen molar-refractivity contribution in [2.24, 2.45) is 0 Å². The lowest BCUT2D eigenvalue weighted by atomic mass is 9.82. The fourth-order valence-corrected chi connectivity index (χ4v) is 6.77. The molecule has 2 saturated carbocycles. The SMILES string of the molecule is c1ccc2c(c1)C(CCC1=C3CCCCC3c3ccccc31)=C1CCCCC12. The topological polar surface area (TPSA) is 0 Å². The van der Waals surface area contributed by atoms with Crippen LogP contribution in [0.15, 0.2) is 59.7 Å². The maximum Gasteiger partial charge on any atom is 0.00602 e. The molecule has 142 valence electrons. The summed E-state index contributed by atoms with van der Waals surface area (Å²) >= 11 is 0. The van der Waals surface area contributed by atoms with Gasteiger partial charge in [0.15, 0.2) is 0 Å². The van der Waals surface area contributed by atoms with Crippen molar-refractivity contribution in [2.75, 3.05) is 0 Å². The Morgan fingerprint density at radius 1 is 0.571 bits per heavy atom. The van der Waals surface area contributed by atoms with Gasteiger partial charge in [-0.15, -0.1) is 0 Å². The number of hydrogen-bond acceptors (Lipinski definition) is 0. The molecule has 0 amide bonds. The highest BCUT2D eigenvalue weighted by Gasteiger charge is 2.35. The maximum atomic E-state index is 2.41. The molecule has 2 aromatic carbocycles. The third-order valence-corrected chi connectivity index (χ3v) is 7.94. The number of benzene rings is 2. The molecule has 0 nitrogen and oxygen atoms in total. The van der Waals surface area contributed by atoms with Gasteiger partial charge in [0, 0.05) is 11.8 Å². The van der Waals surface area contributed by atoms with E-state index in [1.54, 1.807) is 44.5 Å². The Labute approximate surface area is 169 Å². The van der Waals surface area contributed by atoms with Crippen molar-refractivity contribution in [3.05, 3.63) is 81.9 Å². The maximum absolute atomic E-state index is 2.41. The van der Waals surface area contributed by atoms with Crippen LogP contribution in [0.25, 0.3) is 11.1 Å². The van der Waals surface area contributed by atoms with Crippen LogP contribution in [-0.2, 0) is 0 Å². The van der Waals surface area contributed by atoms with Gasteiger partial charge >= 0.3 is 0 Å².